The first kappa shape index (κ1) is 25.9. The van der Waals surface area contributed by atoms with Gasteiger partial charge >= 0.3 is 11.9 Å². The van der Waals surface area contributed by atoms with E-state index in [1.807, 2.05) is 12.1 Å². The highest BCUT2D eigenvalue weighted by atomic mass is 32.2. The SMILES string of the molecule is CC[C@@]12CCc3cc(OC(C)=O)ccc3[C@H]1CC[C@]1(C)[C@@H](OC(=O)c3cccc(S(N)(=O)=O)c3)CC[C@H]12. The fraction of sp³-hybridized carbons (Fsp3) is 0.517. The lowest BCUT2D eigenvalue weighted by atomic mass is 9.46. The quantitative estimate of drug-likeness (QED) is 0.428. The first-order chi connectivity index (χ1) is 17.5. The number of esters is 2. The van der Waals surface area contributed by atoms with Crippen molar-refractivity contribution < 1.29 is 27.5 Å². The van der Waals surface area contributed by atoms with Crippen molar-refractivity contribution in [3.05, 3.63) is 59.2 Å². The van der Waals surface area contributed by atoms with Crippen molar-refractivity contribution in [3.63, 3.8) is 0 Å². The number of aryl methyl sites for hydroxylation is 1. The molecule has 198 valence electrons. The molecule has 0 amide bonds. The van der Waals surface area contributed by atoms with E-state index in [0.29, 0.717) is 17.6 Å². The van der Waals surface area contributed by atoms with Crippen LogP contribution >= 0.6 is 0 Å². The summed E-state index contributed by atoms with van der Waals surface area (Å²) in [4.78, 5) is 24.4. The molecule has 0 heterocycles. The summed E-state index contributed by atoms with van der Waals surface area (Å²) < 4.78 is 34.9. The van der Waals surface area contributed by atoms with Gasteiger partial charge in [-0.05, 0) is 104 Å². The average Bonchev–Trinajstić information content (AvgIpc) is 3.19. The van der Waals surface area contributed by atoms with Gasteiger partial charge in [-0.15, -0.1) is 0 Å². The van der Waals surface area contributed by atoms with Crippen LogP contribution < -0.4 is 9.88 Å². The molecule has 3 aliphatic rings. The monoisotopic (exact) mass is 525 g/mol. The minimum absolute atomic E-state index is 0.0966. The molecule has 5 rings (SSSR count). The minimum Gasteiger partial charge on any atom is -0.458 e. The summed E-state index contributed by atoms with van der Waals surface area (Å²) in [6.45, 7) is 5.98. The van der Waals surface area contributed by atoms with Gasteiger partial charge < -0.3 is 9.47 Å². The van der Waals surface area contributed by atoms with Crippen LogP contribution in [-0.2, 0) is 26.0 Å². The number of hydrogen-bond donors (Lipinski definition) is 1. The van der Waals surface area contributed by atoms with Crippen molar-refractivity contribution >= 4 is 22.0 Å². The fourth-order valence-electron chi connectivity index (χ4n) is 7.88. The third kappa shape index (κ3) is 4.38. The molecule has 0 aromatic heterocycles. The Morgan fingerprint density at radius 3 is 2.57 bits per heavy atom. The summed E-state index contributed by atoms with van der Waals surface area (Å²) in [6.07, 6.45) is 6.58. The third-order valence-electron chi connectivity index (χ3n) is 9.53. The highest BCUT2D eigenvalue weighted by Gasteiger charge is 2.62. The second-order valence-corrected chi connectivity index (χ2v) is 12.8. The Labute approximate surface area is 218 Å². The molecule has 0 radical (unpaired) electrons. The van der Waals surface area contributed by atoms with Crippen molar-refractivity contribution in [3.8, 4) is 5.75 Å². The molecule has 0 spiro atoms. The minimum atomic E-state index is -3.91. The van der Waals surface area contributed by atoms with Crippen LogP contribution in [0.15, 0.2) is 47.4 Å². The smallest absolute Gasteiger partial charge is 0.338 e. The van der Waals surface area contributed by atoms with Gasteiger partial charge in [-0.25, -0.2) is 18.4 Å². The molecule has 5 atom stereocenters. The molecule has 0 saturated heterocycles. The zero-order chi connectivity index (χ0) is 26.6. The number of ether oxygens (including phenoxy) is 2. The number of carbonyl (C=O) groups is 2. The normalized spacial score (nSPS) is 30.5. The van der Waals surface area contributed by atoms with E-state index < -0.39 is 16.0 Å². The number of rotatable bonds is 5. The second-order valence-electron chi connectivity index (χ2n) is 11.2. The third-order valence-corrected chi connectivity index (χ3v) is 10.4. The van der Waals surface area contributed by atoms with Gasteiger partial charge in [0.05, 0.1) is 10.5 Å². The van der Waals surface area contributed by atoms with Gasteiger partial charge in [0, 0.05) is 12.3 Å². The van der Waals surface area contributed by atoms with E-state index >= 15 is 0 Å². The maximum absolute atomic E-state index is 13.1. The molecule has 2 fully saturated rings. The van der Waals surface area contributed by atoms with Crippen LogP contribution in [0.4, 0.5) is 0 Å². The maximum atomic E-state index is 13.1. The number of fused-ring (bicyclic) bond motifs is 5. The summed E-state index contributed by atoms with van der Waals surface area (Å²) in [7, 11) is -3.91. The molecule has 2 aromatic rings. The second kappa shape index (κ2) is 9.24. The molecular weight excluding hydrogens is 490 g/mol. The number of carbonyl (C=O) groups excluding carboxylic acids is 2. The summed E-state index contributed by atoms with van der Waals surface area (Å²) >= 11 is 0. The molecule has 3 aliphatic carbocycles. The molecule has 37 heavy (non-hydrogen) atoms. The van der Waals surface area contributed by atoms with Crippen LogP contribution in [0, 0.1) is 16.7 Å². The average molecular weight is 526 g/mol. The molecule has 0 aliphatic heterocycles. The highest BCUT2D eigenvalue weighted by Crippen LogP contribution is 2.68. The molecule has 2 aromatic carbocycles. The zero-order valence-corrected chi connectivity index (χ0v) is 22.5. The van der Waals surface area contributed by atoms with Crippen LogP contribution in [0.5, 0.6) is 5.75 Å². The lowest BCUT2D eigenvalue weighted by Gasteiger charge is -2.58. The largest absolute Gasteiger partial charge is 0.458 e. The summed E-state index contributed by atoms with van der Waals surface area (Å²) in [5.41, 5.74) is 2.82. The van der Waals surface area contributed by atoms with Crippen LogP contribution in [0.1, 0.15) is 86.7 Å². The number of hydrogen-bond acceptors (Lipinski definition) is 6. The van der Waals surface area contributed by atoms with E-state index in [-0.39, 0.29) is 33.4 Å². The molecule has 2 saturated carbocycles. The first-order valence-electron chi connectivity index (χ1n) is 13.1. The van der Waals surface area contributed by atoms with Crippen molar-refractivity contribution in [2.24, 2.45) is 21.9 Å². The lowest BCUT2D eigenvalue weighted by Crippen LogP contribution is -2.52. The molecule has 0 unspecified atom stereocenters. The predicted molar refractivity (Wildman–Crippen MR) is 139 cm³/mol. The topological polar surface area (TPSA) is 113 Å². The van der Waals surface area contributed by atoms with Crippen molar-refractivity contribution in [1.82, 2.24) is 0 Å². The van der Waals surface area contributed by atoms with E-state index in [4.69, 9.17) is 14.6 Å². The van der Waals surface area contributed by atoms with Gasteiger partial charge in [-0.3, -0.25) is 4.79 Å². The predicted octanol–water partition coefficient (Wildman–Crippen LogP) is 5.12. The van der Waals surface area contributed by atoms with E-state index in [1.165, 1.54) is 36.2 Å². The van der Waals surface area contributed by atoms with E-state index in [9.17, 15) is 18.0 Å². The molecular formula is C29H35NO6S. The molecule has 7 nitrogen and oxygen atoms in total. The van der Waals surface area contributed by atoms with Gasteiger partial charge in [0.15, 0.2) is 0 Å². The van der Waals surface area contributed by atoms with Gasteiger partial charge in [0.1, 0.15) is 11.9 Å². The van der Waals surface area contributed by atoms with E-state index in [2.05, 4.69) is 19.9 Å². The lowest BCUT2D eigenvalue weighted by molar-refractivity contribution is -0.131. The zero-order valence-electron chi connectivity index (χ0n) is 21.7. The van der Waals surface area contributed by atoms with Crippen LogP contribution in [0.3, 0.4) is 0 Å². The fourth-order valence-corrected chi connectivity index (χ4v) is 8.44. The maximum Gasteiger partial charge on any atom is 0.338 e. The van der Waals surface area contributed by atoms with Crippen molar-refractivity contribution in [2.45, 2.75) is 82.6 Å². The van der Waals surface area contributed by atoms with Crippen LogP contribution in [-0.4, -0.2) is 26.5 Å². The number of nitrogens with two attached hydrogens (primary N) is 1. The number of primary sulfonamides is 1. The Hall–Kier alpha value is -2.71. The summed E-state index contributed by atoms with van der Waals surface area (Å²) in [6, 6.07) is 11.8. The molecule has 8 heteroatoms. The molecule has 2 N–H and O–H groups in total. The van der Waals surface area contributed by atoms with Gasteiger partial charge in [-0.1, -0.05) is 26.0 Å². The Morgan fingerprint density at radius 1 is 1.08 bits per heavy atom. The Bertz CT molecular complexity index is 1350. The van der Waals surface area contributed by atoms with Crippen LogP contribution in [0.2, 0.25) is 0 Å². The summed E-state index contributed by atoms with van der Waals surface area (Å²) in [5, 5.41) is 5.25. The van der Waals surface area contributed by atoms with E-state index in [0.717, 1.165) is 44.9 Å². The first-order valence-corrected chi connectivity index (χ1v) is 14.7. The standard InChI is InChI=1S/C29H35NO6S/c1-4-29-15-12-19-16-21(35-18(2)31)8-9-23(19)24(29)13-14-28(3)25(29)10-11-26(28)36-27(32)20-6-5-7-22(17-20)37(30,33)34/h5-9,16-17,24-26H,4,10-15H2,1-3H3,(H2,30,33,34)/t24-,25-,26+,28+,29-/m1/s1. The molecule has 0 bridgehead atoms. The van der Waals surface area contributed by atoms with Gasteiger partial charge in [-0.2, -0.15) is 0 Å². The van der Waals surface area contributed by atoms with E-state index in [1.54, 1.807) is 6.07 Å². The Balaban J connectivity index is 1.40. The van der Waals surface area contributed by atoms with Gasteiger partial charge in [0.2, 0.25) is 10.0 Å². The van der Waals surface area contributed by atoms with Crippen LogP contribution in [0.25, 0.3) is 0 Å². The van der Waals surface area contributed by atoms with Crippen molar-refractivity contribution in [1.29, 1.82) is 0 Å². The Kier molecular flexibility index (Phi) is 6.47. The number of sulfonamides is 1. The highest BCUT2D eigenvalue weighted by molar-refractivity contribution is 7.89. The van der Waals surface area contributed by atoms with Gasteiger partial charge in [0.25, 0.3) is 0 Å². The van der Waals surface area contributed by atoms with Crippen molar-refractivity contribution in [2.75, 3.05) is 0 Å². The number of benzene rings is 2. The Morgan fingerprint density at radius 2 is 1.86 bits per heavy atom. The summed E-state index contributed by atoms with van der Waals surface area (Å²) in [5.74, 6) is 0.632.